The molecule has 1 aliphatic heterocycles. The Balaban J connectivity index is 2.17. The van der Waals surface area contributed by atoms with Gasteiger partial charge in [0.05, 0.1) is 0 Å². The van der Waals surface area contributed by atoms with E-state index in [9.17, 15) is 4.79 Å². The quantitative estimate of drug-likeness (QED) is 0.533. The van der Waals surface area contributed by atoms with E-state index in [0.29, 0.717) is 34.6 Å². The molecule has 17 heavy (non-hydrogen) atoms. The molecule has 2 heterocycles. The van der Waals surface area contributed by atoms with Gasteiger partial charge in [0.1, 0.15) is 18.1 Å². The second-order valence-corrected chi connectivity index (χ2v) is 3.90. The number of aromatic nitrogens is 2. The summed E-state index contributed by atoms with van der Waals surface area (Å²) in [6, 6.07) is 7.40. The van der Waals surface area contributed by atoms with Crippen LogP contribution in [0.25, 0.3) is 11.3 Å². The summed E-state index contributed by atoms with van der Waals surface area (Å²) in [6.07, 6.45) is 0. The highest BCUT2D eigenvalue weighted by atomic mass is 16.1. The highest BCUT2D eigenvalue weighted by molar-refractivity contribution is 6.19. The third-order valence-electron chi connectivity index (χ3n) is 2.94. The zero-order chi connectivity index (χ0) is 11.4. The van der Waals surface area contributed by atoms with Gasteiger partial charge in [-0.1, -0.05) is 24.3 Å². The Hall–Kier alpha value is -2.43. The van der Waals surface area contributed by atoms with Crippen LogP contribution in [-0.4, -0.2) is 22.4 Å². The molecular formula is C12H6N4O. The molecule has 1 aromatic heterocycles. The topological polar surface area (TPSA) is 67.6 Å². The van der Waals surface area contributed by atoms with Crippen LogP contribution in [0.1, 0.15) is 16.1 Å². The summed E-state index contributed by atoms with van der Waals surface area (Å²) < 4.78 is 0. The van der Waals surface area contributed by atoms with E-state index in [0.717, 1.165) is 5.56 Å². The third-order valence-corrected chi connectivity index (χ3v) is 2.94. The Morgan fingerprint density at radius 2 is 1.53 bits per heavy atom. The Morgan fingerprint density at radius 3 is 2.29 bits per heavy atom. The van der Waals surface area contributed by atoms with Crippen LogP contribution in [0.3, 0.4) is 0 Å². The highest BCUT2D eigenvalue weighted by Gasteiger charge is 2.29. The van der Waals surface area contributed by atoms with Gasteiger partial charge in [0.25, 0.3) is 0 Å². The fourth-order valence-electron chi connectivity index (χ4n) is 2.16. The Labute approximate surface area is 95.6 Å². The molecule has 0 unspecified atom stereocenters. The smallest absolute Gasteiger partial charge is 0.214 e. The van der Waals surface area contributed by atoms with Crippen molar-refractivity contribution < 1.29 is 4.79 Å². The van der Waals surface area contributed by atoms with Crippen molar-refractivity contribution in [2.75, 3.05) is 6.67 Å². The van der Waals surface area contributed by atoms with Crippen LogP contribution in [0.15, 0.2) is 34.3 Å². The fraction of sp³-hybridized carbons (Fsp3) is 0.0833. The van der Waals surface area contributed by atoms with Gasteiger partial charge in [0.15, 0.2) is 11.0 Å². The van der Waals surface area contributed by atoms with E-state index in [4.69, 9.17) is 0 Å². The molecule has 2 aliphatic rings. The maximum Gasteiger partial charge on any atom is 0.214 e. The summed E-state index contributed by atoms with van der Waals surface area (Å²) in [5.74, 6) is -0.0759. The zero-order valence-corrected chi connectivity index (χ0v) is 8.71. The number of carbonyl (C=O) groups is 1. The maximum atomic E-state index is 12.1. The van der Waals surface area contributed by atoms with Crippen molar-refractivity contribution in [1.29, 1.82) is 0 Å². The average molecular weight is 222 g/mol. The molecule has 1 aromatic carbocycles. The molecule has 0 amide bonds. The van der Waals surface area contributed by atoms with E-state index in [2.05, 4.69) is 20.0 Å². The molecule has 0 bridgehead atoms. The van der Waals surface area contributed by atoms with Gasteiger partial charge in [0.2, 0.25) is 5.78 Å². The van der Waals surface area contributed by atoms with Gasteiger partial charge >= 0.3 is 0 Å². The first-order valence-corrected chi connectivity index (χ1v) is 5.26. The van der Waals surface area contributed by atoms with Gasteiger partial charge in [-0.2, -0.15) is 0 Å². The molecule has 2 aromatic rings. The molecule has 80 valence electrons. The van der Waals surface area contributed by atoms with Crippen molar-refractivity contribution in [2.24, 2.45) is 9.98 Å². The van der Waals surface area contributed by atoms with Crippen molar-refractivity contribution >= 4 is 5.78 Å². The Morgan fingerprint density at radius 1 is 0.882 bits per heavy atom. The predicted octanol–water partition coefficient (Wildman–Crippen LogP) is -0.102. The number of benzene rings is 1. The van der Waals surface area contributed by atoms with Gasteiger partial charge in [-0.3, -0.25) is 4.79 Å². The predicted molar refractivity (Wildman–Crippen MR) is 58.1 cm³/mol. The largest absolute Gasteiger partial charge is 0.287 e. The lowest BCUT2D eigenvalue weighted by Gasteiger charge is -1.95. The van der Waals surface area contributed by atoms with Crippen molar-refractivity contribution in [2.45, 2.75) is 0 Å². The molecule has 5 heteroatoms. The van der Waals surface area contributed by atoms with Gasteiger partial charge in [-0.25, -0.2) is 20.0 Å². The van der Waals surface area contributed by atoms with E-state index in [1.54, 1.807) is 6.07 Å². The highest BCUT2D eigenvalue weighted by Crippen LogP contribution is 2.31. The molecular weight excluding hydrogens is 216 g/mol. The van der Waals surface area contributed by atoms with Crippen molar-refractivity contribution in [3.63, 3.8) is 0 Å². The molecule has 1 aliphatic carbocycles. The van der Waals surface area contributed by atoms with E-state index < -0.39 is 0 Å². The maximum absolute atomic E-state index is 12.1. The second kappa shape index (κ2) is 2.82. The minimum atomic E-state index is -0.0759. The van der Waals surface area contributed by atoms with E-state index >= 15 is 0 Å². The number of hydrogen-bond acceptors (Lipinski definition) is 5. The minimum absolute atomic E-state index is 0.0759. The molecule has 4 rings (SSSR count). The first-order valence-electron chi connectivity index (χ1n) is 5.26. The normalized spacial score (nSPS) is 14.7. The van der Waals surface area contributed by atoms with E-state index in [-0.39, 0.29) is 5.78 Å². The molecule has 0 saturated carbocycles. The van der Waals surface area contributed by atoms with Crippen LogP contribution in [0.5, 0.6) is 0 Å². The number of ketones is 1. The van der Waals surface area contributed by atoms with Gasteiger partial charge < -0.3 is 0 Å². The number of rotatable bonds is 0. The SMILES string of the molecule is O=C1c2ccccc2-c2nc3c(nc21)=NCN=3. The summed E-state index contributed by atoms with van der Waals surface area (Å²) in [6.45, 7) is 0.355. The number of hydrogen-bond donors (Lipinski definition) is 0. The molecule has 0 N–H and O–H groups in total. The number of carbonyl (C=O) groups excluding carboxylic acids is 1. The van der Waals surface area contributed by atoms with Crippen LogP contribution < -0.4 is 11.0 Å². The van der Waals surface area contributed by atoms with Crippen LogP contribution in [0.4, 0.5) is 0 Å². The lowest BCUT2D eigenvalue weighted by molar-refractivity contribution is 0.103. The molecule has 5 nitrogen and oxygen atoms in total. The lowest BCUT2D eigenvalue weighted by atomic mass is 10.1. The van der Waals surface area contributed by atoms with Crippen LogP contribution in [0.2, 0.25) is 0 Å². The van der Waals surface area contributed by atoms with Crippen molar-refractivity contribution in [1.82, 2.24) is 9.97 Å². The summed E-state index contributed by atoms with van der Waals surface area (Å²) in [5.41, 5.74) is 3.53. The Bertz CT molecular complexity index is 795. The summed E-state index contributed by atoms with van der Waals surface area (Å²) in [7, 11) is 0. The van der Waals surface area contributed by atoms with E-state index in [1.165, 1.54) is 0 Å². The molecule has 0 atom stereocenters. The number of fused-ring (bicyclic) bond motifs is 4. The monoisotopic (exact) mass is 222 g/mol. The van der Waals surface area contributed by atoms with E-state index in [1.807, 2.05) is 18.2 Å². The summed E-state index contributed by atoms with van der Waals surface area (Å²) in [4.78, 5) is 29.0. The third kappa shape index (κ3) is 1.00. The van der Waals surface area contributed by atoms with Crippen LogP contribution >= 0.6 is 0 Å². The van der Waals surface area contributed by atoms with Gasteiger partial charge in [0, 0.05) is 11.1 Å². The van der Waals surface area contributed by atoms with Gasteiger partial charge in [-0.15, -0.1) is 0 Å². The molecule has 0 fully saturated rings. The van der Waals surface area contributed by atoms with Crippen LogP contribution in [0, 0.1) is 0 Å². The lowest BCUT2D eigenvalue weighted by Crippen LogP contribution is -2.31. The van der Waals surface area contributed by atoms with Crippen molar-refractivity contribution in [3.05, 3.63) is 46.5 Å². The Kier molecular flexibility index (Phi) is 1.44. The van der Waals surface area contributed by atoms with Crippen molar-refractivity contribution in [3.8, 4) is 11.3 Å². The fourth-order valence-corrected chi connectivity index (χ4v) is 2.16. The molecule has 0 saturated heterocycles. The minimum Gasteiger partial charge on any atom is -0.287 e. The first-order chi connectivity index (χ1) is 8.34. The summed E-state index contributed by atoms with van der Waals surface area (Å²) >= 11 is 0. The number of nitrogens with zero attached hydrogens (tertiary/aromatic N) is 4. The first kappa shape index (κ1) is 8.69. The molecule has 0 radical (unpaired) electrons. The second-order valence-electron chi connectivity index (χ2n) is 3.90. The summed E-state index contributed by atoms with van der Waals surface area (Å²) in [5, 5.41) is 0. The average Bonchev–Trinajstić information content (AvgIpc) is 2.92. The van der Waals surface area contributed by atoms with Crippen LogP contribution in [-0.2, 0) is 0 Å². The standard InChI is InChI=1S/C12H6N4O/c17-10-7-4-2-1-3-6(7)8-9(10)16-12-11(15-8)13-5-14-12/h1-4H,5H2. The van der Waals surface area contributed by atoms with Gasteiger partial charge in [-0.05, 0) is 0 Å². The zero-order valence-electron chi connectivity index (χ0n) is 8.71. The molecule has 0 spiro atoms.